The Morgan fingerprint density at radius 3 is 2.44 bits per heavy atom. The van der Waals surface area contributed by atoms with Crippen molar-refractivity contribution < 1.29 is 9.53 Å². The molecule has 1 unspecified atom stereocenters. The van der Waals surface area contributed by atoms with Crippen molar-refractivity contribution in [2.24, 2.45) is 11.1 Å². The van der Waals surface area contributed by atoms with Crippen molar-refractivity contribution >= 4 is 5.91 Å². The molecule has 0 aromatic heterocycles. The summed E-state index contributed by atoms with van der Waals surface area (Å²) < 4.78 is 5.33. The highest BCUT2D eigenvalue weighted by atomic mass is 16.5. The maximum atomic E-state index is 12.4. The Morgan fingerprint density at radius 1 is 1.33 bits per heavy atom. The first kappa shape index (κ1) is 15.4. The molecule has 0 radical (unpaired) electrons. The van der Waals surface area contributed by atoms with Crippen LogP contribution < -0.4 is 11.1 Å². The monoisotopic (exact) mass is 256 g/mol. The maximum absolute atomic E-state index is 12.4. The molecule has 0 heterocycles. The van der Waals surface area contributed by atoms with Crippen LogP contribution in [-0.4, -0.2) is 31.7 Å². The molecule has 0 saturated heterocycles. The highest BCUT2D eigenvalue weighted by Gasteiger charge is 2.37. The topological polar surface area (TPSA) is 64.3 Å². The molecule has 4 heteroatoms. The standard InChI is InChI=1S/C14H28N2O2/c1-3-18-10-12(2)16-13(17)14(11-15)8-6-4-5-7-9-14/h12H,3-11,15H2,1-2H3,(H,16,17). The van der Waals surface area contributed by atoms with Gasteiger partial charge in [0, 0.05) is 19.2 Å². The minimum atomic E-state index is -0.336. The van der Waals surface area contributed by atoms with E-state index in [1.54, 1.807) is 0 Å². The van der Waals surface area contributed by atoms with E-state index in [-0.39, 0.29) is 17.4 Å². The molecule has 1 aliphatic carbocycles. The van der Waals surface area contributed by atoms with Crippen molar-refractivity contribution in [1.82, 2.24) is 5.32 Å². The number of hydrogen-bond acceptors (Lipinski definition) is 3. The van der Waals surface area contributed by atoms with Gasteiger partial charge in [-0.3, -0.25) is 4.79 Å². The van der Waals surface area contributed by atoms with E-state index in [4.69, 9.17) is 10.5 Å². The number of nitrogens with one attached hydrogen (secondary N) is 1. The number of rotatable bonds is 6. The van der Waals surface area contributed by atoms with Crippen LogP contribution in [0.1, 0.15) is 52.4 Å². The summed E-state index contributed by atoms with van der Waals surface area (Å²) >= 11 is 0. The Morgan fingerprint density at radius 2 is 1.94 bits per heavy atom. The average Bonchev–Trinajstić information content (AvgIpc) is 2.62. The normalized spacial score (nSPS) is 21.1. The Kier molecular flexibility index (Phi) is 6.65. The van der Waals surface area contributed by atoms with Gasteiger partial charge in [0.05, 0.1) is 12.0 Å². The van der Waals surface area contributed by atoms with E-state index >= 15 is 0 Å². The molecule has 0 aliphatic heterocycles. The molecule has 1 saturated carbocycles. The number of ether oxygens (including phenoxy) is 1. The molecule has 0 bridgehead atoms. The molecule has 0 aromatic carbocycles. The quantitative estimate of drug-likeness (QED) is 0.713. The van der Waals surface area contributed by atoms with Gasteiger partial charge in [-0.1, -0.05) is 25.7 Å². The second-order valence-corrected chi connectivity index (χ2v) is 5.43. The summed E-state index contributed by atoms with van der Waals surface area (Å²) in [6.07, 6.45) is 6.54. The lowest BCUT2D eigenvalue weighted by atomic mass is 9.79. The molecule has 1 fully saturated rings. The van der Waals surface area contributed by atoms with Gasteiger partial charge in [0.25, 0.3) is 0 Å². The molecule has 1 amide bonds. The lowest BCUT2D eigenvalue weighted by Crippen LogP contribution is -2.49. The van der Waals surface area contributed by atoms with Crippen LogP contribution in [-0.2, 0) is 9.53 Å². The van der Waals surface area contributed by atoms with Gasteiger partial charge in [-0.2, -0.15) is 0 Å². The van der Waals surface area contributed by atoms with E-state index in [1.807, 2.05) is 13.8 Å². The van der Waals surface area contributed by atoms with Crippen LogP contribution >= 0.6 is 0 Å². The van der Waals surface area contributed by atoms with Crippen LogP contribution in [0.25, 0.3) is 0 Å². The molecule has 106 valence electrons. The summed E-state index contributed by atoms with van der Waals surface area (Å²) in [4.78, 5) is 12.4. The second kappa shape index (κ2) is 7.74. The fraction of sp³-hybridized carbons (Fsp3) is 0.929. The summed E-state index contributed by atoms with van der Waals surface area (Å²) in [6, 6.07) is 0.0594. The van der Waals surface area contributed by atoms with Gasteiger partial charge in [-0.05, 0) is 26.7 Å². The molecule has 0 aromatic rings. The maximum Gasteiger partial charge on any atom is 0.227 e. The molecule has 18 heavy (non-hydrogen) atoms. The summed E-state index contributed by atoms with van der Waals surface area (Å²) in [5.41, 5.74) is 5.56. The zero-order chi connectivity index (χ0) is 13.4. The van der Waals surface area contributed by atoms with E-state index < -0.39 is 0 Å². The van der Waals surface area contributed by atoms with E-state index in [0.717, 1.165) is 25.7 Å². The SMILES string of the molecule is CCOCC(C)NC(=O)C1(CN)CCCCCC1. The largest absolute Gasteiger partial charge is 0.380 e. The minimum absolute atomic E-state index is 0.0594. The fourth-order valence-electron chi connectivity index (χ4n) is 2.64. The Labute approximate surface area is 111 Å². The van der Waals surface area contributed by atoms with Crippen LogP contribution in [0.4, 0.5) is 0 Å². The summed E-state index contributed by atoms with van der Waals surface area (Å²) in [7, 11) is 0. The third-order valence-electron chi connectivity index (χ3n) is 3.88. The van der Waals surface area contributed by atoms with Crippen LogP contribution in [0.2, 0.25) is 0 Å². The van der Waals surface area contributed by atoms with Crippen LogP contribution in [0.3, 0.4) is 0 Å². The number of carbonyl (C=O) groups is 1. The number of carbonyl (C=O) groups excluding carboxylic acids is 1. The van der Waals surface area contributed by atoms with E-state index in [9.17, 15) is 4.79 Å². The smallest absolute Gasteiger partial charge is 0.227 e. The third-order valence-corrected chi connectivity index (χ3v) is 3.88. The highest BCUT2D eigenvalue weighted by Crippen LogP contribution is 2.34. The molecule has 1 rings (SSSR count). The zero-order valence-electron chi connectivity index (χ0n) is 11.8. The molecular formula is C14H28N2O2. The van der Waals surface area contributed by atoms with Crippen LogP contribution in [0.5, 0.6) is 0 Å². The van der Waals surface area contributed by atoms with E-state index in [0.29, 0.717) is 19.8 Å². The van der Waals surface area contributed by atoms with Crippen molar-refractivity contribution in [3.05, 3.63) is 0 Å². The second-order valence-electron chi connectivity index (χ2n) is 5.43. The summed E-state index contributed by atoms with van der Waals surface area (Å²) in [5.74, 6) is 0.124. The Balaban J connectivity index is 2.54. The van der Waals surface area contributed by atoms with Crippen molar-refractivity contribution in [2.45, 2.75) is 58.4 Å². The van der Waals surface area contributed by atoms with E-state index in [1.165, 1.54) is 12.8 Å². The lowest BCUT2D eigenvalue weighted by Gasteiger charge is -2.31. The molecule has 4 nitrogen and oxygen atoms in total. The first-order valence-electron chi connectivity index (χ1n) is 7.23. The zero-order valence-corrected chi connectivity index (χ0v) is 11.8. The van der Waals surface area contributed by atoms with Gasteiger partial charge in [-0.25, -0.2) is 0 Å². The minimum Gasteiger partial charge on any atom is -0.380 e. The molecular weight excluding hydrogens is 228 g/mol. The van der Waals surface area contributed by atoms with Gasteiger partial charge in [0.2, 0.25) is 5.91 Å². The fourth-order valence-corrected chi connectivity index (χ4v) is 2.64. The van der Waals surface area contributed by atoms with Crippen molar-refractivity contribution in [1.29, 1.82) is 0 Å². The van der Waals surface area contributed by atoms with Crippen molar-refractivity contribution in [3.8, 4) is 0 Å². The lowest BCUT2D eigenvalue weighted by molar-refractivity contribution is -0.132. The van der Waals surface area contributed by atoms with Gasteiger partial charge in [0.15, 0.2) is 0 Å². The first-order valence-corrected chi connectivity index (χ1v) is 7.23. The summed E-state index contributed by atoms with van der Waals surface area (Å²) in [5, 5.41) is 3.06. The van der Waals surface area contributed by atoms with E-state index in [2.05, 4.69) is 5.32 Å². The third kappa shape index (κ3) is 4.25. The molecule has 3 N–H and O–H groups in total. The highest BCUT2D eigenvalue weighted by molar-refractivity contribution is 5.83. The van der Waals surface area contributed by atoms with Gasteiger partial charge in [0.1, 0.15) is 0 Å². The van der Waals surface area contributed by atoms with Gasteiger partial charge < -0.3 is 15.8 Å². The number of nitrogens with two attached hydrogens (primary N) is 1. The van der Waals surface area contributed by atoms with Crippen molar-refractivity contribution in [3.63, 3.8) is 0 Å². The van der Waals surface area contributed by atoms with Crippen LogP contribution in [0, 0.1) is 5.41 Å². The number of amides is 1. The van der Waals surface area contributed by atoms with Crippen LogP contribution in [0.15, 0.2) is 0 Å². The number of hydrogen-bond donors (Lipinski definition) is 2. The van der Waals surface area contributed by atoms with Gasteiger partial charge >= 0.3 is 0 Å². The predicted octanol–water partition coefficient (Wildman–Crippen LogP) is 1.83. The Bertz CT molecular complexity index is 248. The first-order chi connectivity index (χ1) is 8.64. The average molecular weight is 256 g/mol. The molecule has 1 atom stereocenters. The van der Waals surface area contributed by atoms with Gasteiger partial charge in [-0.15, -0.1) is 0 Å². The van der Waals surface area contributed by atoms with Crippen molar-refractivity contribution in [2.75, 3.05) is 19.8 Å². The summed E-state index contributed by atoms with van der Waals surface area (Å²) in [6.45, 7) is 5.65. The molecule has 1 aliphatic rings. The Hall–Kier alpha value is -0.610. The predicted molar refractivity (Wildman–Crippen MR) is 73.3 cm³/mol. The molecule has 0 spiro atoms.